The second-order valence-electron chi connectivity index (χ2n) is 6.15. The Hall–Kier alpha value is -3.15. The average molecular weight is 350 g/mol. The molecule has 1 aromatic heterocycles. The topological polar surface area (TPSA) is 94.0 Å². The standard InChI is InChI=1S/C20H22N4O2/c1-3-18-23-20(26-24-18)15-7-5-14(6-8-15)10-11-22-19(25)17-12-16(21)9-4-13(17)2/h4-9,12H,3,10-11,21H2,1-2H3,(H,22,25). The zero-order valence-corrected chi connectivity index (χ0v) is 15.0. The lowest BCUT2D eigenvalue weighted by Crippen LogP contribution is -2.26. The van der Waals surface area contributed by atoms with Crippen LogP contribution in [0.4, 0.5) is 5.69 Å². The minimum absolute atomic E-state index is 0.107. The maximum atomic E-state index is 12.3. The summed E-state index contributed by atoms with van der Waals surface area (Å²) in [5.74, 6) is 1.12. The van der Waals surface area contributed by atoms with Crippen molar-refractivity contribution in [2.45, 2.75) is 26.7 Å². The number of amides is 1. The normalized spacial score (nSPS) is 10.7. The van der Waals surface area contributed by atoms with Gasteiger partial charge in [-0.15, -0.1) is 0 Å². The highest BCUT2D eigenvalue weighted by Crippen LogP contribution is 2.18. The van der Waals surface area contributed by atoms with E-state index in [0.717, 1.165) is 29.5 Å². The summed E-state index contributed by atoms with van der Waals surface area (Å²) >= 11 is 0. The monoisotopic (exact) mass is 350 g/mol. The Labute approximate surface area is 152 Å². The molecule has 0 unspecified atom stereocenters. The second kappa shape index (κ2) is 7.82. The molecule has 2 aromatic carbocycles. The molecule has 0 aliphatic carbocycles. The van der Waals surface area contributed by atoms with Gasteiger partial charge in [0.2, 0.25) is 0 Å². The molecule has 3 rings (SSSR count). The summed E-state index contributed by atoms with van der Waals surface area (Å²) in [6, 6.07) is 13.3. The summed E-state index contributed by atoms with van der Waals surface area (Å²) in [6.45, 7) is 4.43. The highest BCUT2D eigenvalue weighted by molar-refractivity contribution is 5.96. The van der Waals surface area contributed by atoms with E-state index in [1.165, 1.54) is 0 Å². The number of nitrogens with two attached hydrogens (primary N) is 1. The number of nitrogen functional groups attached to an aromatic ring is 1. The molecule has 1 amide bonds. The maximum Gasteiger partial charge on any atom is 0.257 e. The highest BCUT2D eigenvalue weighted by Gasteiger charge is 2.10. The number of nitrogens with one attached hydrogen (secondary N) is 1. The van der Waals surface area contributed by atoms with E-state index < -0.39 is 0 Å². The molecule has 0 aliphatic rings. The molecule has 0 radical (unpaired) electrons. The molecule has 3 N–H and O–H groups in total. The molecule has 6 heteroatoms. The van der Waals surface area contributed by atoms with E-state index in [-0.39, 0.29) is 5.91 Å². The summed E-state index contributed by atoms with van der Waals surface area (Å²) in [6.07, 6.45) is 1.48. The number of nitrogens with zero attached hydrogens (tertiary/aromatic N) is 2. The number of benzene rings is 2. The molecule has 0 spiro atoms. The zero-order valence-electron chi connectivity index (χ0n) is 15.0. The van der Waals surface area contributed by atoms with E-state index in [2.05, 4.69) is 15.5 Å². The van der Waals surface area contributed by atoms with Crippen molar-refractivity contribution in [1.29, 1.82) is 0 Å². The molecular formula is C20H22N4O2. The van der Waals surface area contributed by atoms with E-state index in [9.17, 15) is 4.79 Å². The van der Waals surface area contributed by atoms with Crippen molar-refractivity contribution in [2.24, 2.45) is 0 Å². The molecule has 1 heterocycles. The molecule has 26 heavy (non-hydrogen) atoms. The first-order valence-corrected chi connectivity index (χ1v) is 8.63. The van der Waals surface area contributed by atoms with Gasteiger partial charge in [-0.1, -0.05) is 30.3 Å². The van der Waals surface area contributed by atoms with Gasteiger partial charge in [-0.2, -0.15) is 4.98 Å². The SMILES string of the molecule is CCc1noc(-c2ccc(CCNC(=O)c3cc(N)ccc3C)cc2)n1. The van der Waals surface area contributed by atoms with Gasteiger partial charge in [-0.05, 0) is 48.7 Å². The van der Waals surface area contributed by atoms with E-state index in [0.29, 0.717) is 29.5 Å². The molecule has 0 saturated heterocycles. The second-order valence-corrected chi connectivity index (χ2v) is 6.15. The van der Waals surface area contributed by atoms with Crippen LogP contribution >= 0.6 is 0 Å². The number of hydrogen-bond donors (Lipinski definition) is 2. The number of anilines is 1. The van der Waals surface area contributed by atoms with Gasteiger partial charge in [0.05, 0.1) is 0 Å². The lowest BCUT2D eigenvalue weighted by molar-refractivity contribution is 0.0953. The predicted molar refractivity (Wildman–Crippen MR) is 101 cm³/mol. The Morgan fingerprint density at radius 1 is 1.19 bits per heavy atom. The van der Waals surface area contributed by atoms with Gasteiger partial charge in [-0.25, -0.2) is 0 Å². The van der Waals surface area contributed by atoms with E-state index in [4.69, 9.17) is 10.3 Å². The lowest BCUT2D eigenvalue weighted by Gasteiger charge is -2.09. The van der Waals surface area contributed by atoms with E-state index in [1.54, 1.807) is 12.1 Å². The van der Waals surface area contributed by atoms with Gasteiger partial charge in [0.1, 0.15) is 0 Å². The summed E-state index contributed by atoms with van der Waals surface area (Å²) in [5, 5.41) is 6.84. The number of rotatable bonds is 6. The molecule has 0 atom stereocenters. The first-order valence-electron chi connectivity index (χ1n) is 8.63. The Morgan fingerprint density at radius 3 is 2.65 bits per heavy atom. The molecule has 0 aliphatic heterocycles. The van der Waals surface area contributed by atoms with Crippen LogP contribution in [0.2, 0.25) is 0 Å². The molecule has 0 fully saturated rings. The van der Waals surface area contributed by atoms with Crippen LogP contribution < -0.4 is 11.1 Å². The molecular weight excluding hydrogens is 328 g/mol. The average Bonchev–Trinajstić information content (AvgIpc) is 3.13. The van der Waals surface area contributed by atoms with Gasteiger partial charge in [0, 0.05) is 29.8 Å². The van der Waals surface area contributed by atoms with Gasteiger partial charge < -0.3 is 15.6 Å². The van der Waals surface area contributed by atoms with Crippen LogP contribution in [0.1, 0.15) is 34.2 Å². The van der Waals surface area contributed by atoms with Crippen LogP contribution in [0.25, 0.3) is 11.5 Å². The van der Waals surface area contributed by atoms with Crippen molar-refractivity contribution >= 4 is 11.6 Å². The number of carbonyl (C=O) groups is 1. The predicted octanol–water partition coefficient (Wildman–Crippen LogP) is 3.16. The minimum Gasteiger partial charge on any atom is -0.399 e. The van der Waals surface area contributed by atoms with E-state index in [1.807, 2.05) is 44.2 Å². The summed E-state index contributed by atoms with van der Waals surface area (Å²) < 4.78 is 5.24. The Kier molecular flexibility index (Phi) is 5.31. The smallest absolute Gasteiger partial charge is 0.257 e. The molecule has 134 valence electrons. The van der Waals surface area contributed by atoms with E-state index >= 15 is 0 Å². The molecule has 0 bridgehead atoms. The van der Waals surface area contributed by atoms with Gasteiger partial charge >= 0.3 is 0 Å². The van der Waals surface area contributed by atoms with Crippen LogP contribution in [0, 0.1) is 6.92 Å². The van der Waals surface area contributed by atoms with Gasteiger partial charge in [0.25, 0.3) is 11.8 Å². The Morgan fingerprint density at radius 2 is 1.96 bits per heavy atom. The number of hydrogen-bond acceptors (Lipinski definition) is 5. The number of carbonyl (C=O) groups excluding carboxylic acids is 1. The summed E-state index contributed by atoms with van der Waals surface area (Å²) in [4.78, 5) is 16.6. The first kappa shape index (κ1) is 17.7. The molecule has 0 saturated carbocycles. The Balaban J connectivity index is 1.56. The molecule has 6 nitrogen and oxygen atoms in total. The summed E-state index contributed by atoms with van der Waals surface area (Å²) in [7, 11) is 0. The number of aryl methyl sites for hydroxylation is 2. The zero-order chi connectivity index (χ0) is 18.5. The Bertz CT molecular complexity index is 900. The van der Waals surface area contributed by atoms with Gasteiger partial charge in [0.15, 0.2) is 5.82 Å². The highest BCUT2D eigenvalue weighted by atomic mass is 16.5. The van der Waals surface area contributed by atoms with Crippen molar-refractivity contribution in [3.8, 4) is 11.5 Å². The van der Waals surface area contributed by atoms with Crippen LogP contribution in [0.15, 0.2) is 47.0 Å². The fourth-order valence-corrected chi connectivity index (χ4v) is 2.63. The molecule has 3 aromatic rings. The van der Waals surface area contributed by atoms with Crippen molar-refractivity contribution in [3.05, 3.63) is 65.0 Å². The fourth-order valence-electron chi connectivity index (χ4n) is 2.63. The van der Waals surface area contributed by atoms with Gasteiger partial charge in [-0.3, -0.25) is 4.79 Å². The maximum absolute atomic E-state index is 12.3. The van der Waals surface area contributed by atoms with Crippen molar-refractivity contribution in [2.75, 3.05) is 12.3 Å². The third-order valence-electron chi connectivity index (χ3n) is 4.19. The number of aromatic nitrogens is 2. The largest absolute Gasteiger partial charge is 0.399 e. The third-order valence-corrected chi connectivity index (χ3v) is 4.19. The van der Waals surface area contributed by atoms with Crippen LogP contribution in [0.3, 0.4) is 0 Å². The summed E-state index contributed by atoms with van der Waals surface area (Å²) in [5.41, 5.74) is 9.88. The quantitative estimate of drug-likeness (QED) is 0.666. The lowest BCUT2D eigenvalue weighted by atomic mass is 10.1. The third kappa shape index (κ3) is 4.08. The van der Waals surface area contributed by atoms with Crippen molar-refractivity contribution in [3.63, 3.8) is 0 Å². The van der Waals surface area contributed by atoms with Crippen LogP contribution in [-0.4, -0.2) is 22.6 Å². The van der Waals surface area contributed by atoms with Crippen molar-refractivity contribution < 1.29 is 9.32 Å². The fraction of sp³-hybridized carbons (Fsp3) is 0.250. The van der Waals surface area contributed by atoms with Crippen molar-refractivity contribution in [1.82, 2.24) is 15.5 Å². The van der Waals surface area contributed by atoms with Crippen LogP contribution in [0.5, 0.6) is 0 Å². The first-order chi connectivity index (χ1) is 12.6. The van der Waals surface area contributed by atoms with Crippen LogP contribution in [-0.2, 0) is 12.8 Å². The minimum atomic E-state index is -0.107.